The van der Waals surface area contributed by atoms with Crippen LogP contribution in [0.5, 0.6) is 5.88 Å². The summed E-state index contributed by atoms with van der Waals surface area (Å²) in [5, 5.41) is 25.1. The van der Waals surface area contributed by atoms with Crippen LogP contribution in [0.25, 0.3) is 10.9 Å². The second-order valence-electron chi connectivity index (χ2n) is 11.7. The predicted octanol–water partition coefficient (Wildman–Crippen LogP) is 3.03. The molecule has 12 nitrogen and oxygen atoms in total. The first-order valence-electron chi connectivity index (χ1n) is 14.8. The minimum absolute atomic E-state index is 0.00384. The highest BCUT2D eigenvalue weighted by atomic mass is 32.2. The molecule has 0 spiro atoms. The summed E-state index contributed by atoms with van der Waals surface area (Å²) in [5.74, 6) is -0.223. The third-order valence-corrected chi connectivity index (χ3v) is 9.78. The van der Waals surface area contributed by atoms with Gasteiger partial charge in [0.15, 0.2) is 12.2 Å². The van der Waals surface area contributed by atoms with E-state index in [0.717, 1.165) is 12.0 Å². The van der Waals surface area contributed by atoms with Crippen LogP contribution in [0.4, 0.5) is 4.79 Å². The van der Waals surface area contributed by atoms with Crippen LogP contribution in [-0.2, 0) is 30.7 Å². The Kier molecular flexibility index (Phi) is 9.90. The Morgan fingerprint density at radius 2 is 1.98 bits per heavy atom. The van der Waals surface area contributed by atoms with Crippen LogP contribution in [0.2, 0.25) is 0 Å². The maximum Gasteiger partial charge on any atom is 0.407 e. The highest BCUT2D eigenvalue weighted by Crippen LogP contribution is 2.33. The Hall–Kier alpha value is -3.49. The van der Waals surface area contributed by atoms with Gasteiger partial charge in [-0.05, 0) is 42.5 Å². The average molecular weight is 629 g/mol. The highest BCUT2D eigenvalue weighted by Gasteiger charge is 2.44. The number of aliphatic hydroxyl groups is 1. The largest absolute Gasteiger partial charge is 0.494 e. The van der Waals surface area contributed by atoms with Crippen molar-refractivity contribution in [2.24, 2.45) is 16.8 Å². The normalized spacial score (nSPS) is 21.7. The molecule has 2 aromatic carbocycles. The molecule has 3 heterocycles. The van der Waals surface area contributed by atoms with Gasteiger partial charge in [0.05, 0.1) is 41.7 Å². The summed E-state index contributed by atoms with van der Waals surface area (Å²) in [5.41, 5.74) is 1.79. The number of H-pyrrole nitrogens is 1. The van der Waals surface area contributed by atoms with Crippen LogP contribution in [0, 0.1) is 11.8 Å². The zero-order valence-electron chi connectivity index (χ0n) is 25.0. The topological polar surface area (TPSA) is 163 Å². The molecular weight excluding hydrogens is 588 g/mol. The highest BCUT2D eigenvalue weighted by molar-refractivity contribution is 7.89. The first kappa shape index (κ1) is 31.9. The van der Waals surface area contributed by atoms with Gasteiger partial charge in [-0.1, -0.05) is 44.2 Å². The van der Waals surface area contributed by atoms with Crippen LogP contribution >= 0.6 is 0 Å². The third-order valence-electron chi connectivity index (χ3n) is 7.95. The summed E-state index contributed by atoms with van der Waals surface area (Å²) >= 11 is 0. The number of sulfonamides is 1. The molecule has 0 aliphatic carbocycles. The van der Waals surface area contributed by atoms with E-state index in [9.17, 15) is 23.4 Å². The SMILES string of the molecule is CN=Cc1c(O)[nH]c2ccc(S(=O)(=O)N(CC(C)C)C[C@@H](O)[C@H](Cc3ccccc3)NC(=O)O[C@H]3CO[C@H]4OCC[C@H]43)cc12. The number of aromatic nitrogens is 1. The third kappa shape index (κ3) is 7.08. The number of carbonyl (C=O) groups is 1. The van der Waals surface area contributed by atoms with Crippen molar-refractivity contribution in [3.05, 3.63) is 59.7 Å². The second-order valence-corrected chi connectivity index (χ2v) is 13.6. The lowest BCUT2D eigenvalue weighted by Crippen LogP contribution is -2.51. The standard InChI is InChI=1S/C31H40N4O8S/c1-19(2)16-35(44(39,40)21-9-10-25-23(14-21)24(15-32-3)29(37)33-25)17-27(36)26(13-20-7-5-4-6-8-20)34-31(38)43-28-18-42-30-22(28)11-12-41-30/h4-10,14-15,19,22,26-28,30,33,36-37H,11-13,16-18H2,1-3H3,(H,34,38)/t22-,26-,27+,28-,30+/m0/s1. The van der Waals surface area contributed by atoms with Gasteiger partial charge in [-0.15, -0.1) is 0 Å². The van der Waals surface area contributed by atoms with Gasteiger partial charge in [0.1, 0.15) is 6.10 Å². The summed E-state index contributed by atoms with van der Waals surface area (Å²) in [6.07, 6.45) is -0.419. The Balaban J connectivity index is 1.38. The fourth-order valence-electron chi connectivity index (χ4n) is 5.78. The Morgan fingerprint density at radius 1 is 1.20 bits per heavy atom. The maximum atomic E-state index is 14.0. The van der Waals surface area contributed by atoms with Gasteiger partial charge in [0.2, 0.25) is 10.0 Å². The van der Waals surface area contributed by atoms with Gasteiger partial charge >= 0.3 is 6.09 Å². The lowest BCUT2D eigenvalue weighted by Gasteiger charge is -2.31. The van der Waals surface area contributed by atoms with E-state index >= 15 is 0 Å². The molecule has 2 fully saturated rings. The van der Waals surface area contributed by atoms with Crippen molar-refractivity contribution < 1.29 is 37.6 Å². The zero-order valence-corrected chi connectivity index (χ0v) is 25.9. The Labute approximate surface area is 257 Å². The molecule has 238 valence electrons. The number of ether oxygens (including phenoxy) is 3. The molecule has 0 radical (unpaired) electrons. The number of rotatable bonds is 12. The molecule has 3 aromatic rings. The molecule has 2 aliphatic rings. The van der Waals surface area contributed by atoms with E-state index in [-0.39, 0.29) is 55.0 Å². The van der Waals surface area contributed by atoms with E-state index in [4.69, 9.17) is 14.2 Å². The fraction of sp³-hybridized carbons (Fsp3) is 0.484. The molecule has 1 amide bonds. The molecule has 5 rings (SSSR count). The smallest absolute Gasteiger partial charge is 0.407 e. The molecule has 4 N–H and O–H groups in total. The van der Waals surface area contributed by atoms with Crippen LogP contribution in [0.1, 0.15) is 31.4 Å². The minimum Gasteiger partial charge on any atom is -0.494 e. The summed E-state index contributed by atoms with van der Waals surface area (Å²) in [7, 11) is -2.55. The number of hydrogen-bond acceptors (Lipinski definition) is 9. The molecule has 2 aliphatic heterocycles. The number of nitrogens with one attached hydrogen (secondary N) is 2. The number of amides is 1. The zero-order chi connectivity index (χ0) is 31.4. The van der Waals surface area contributed by atoms with Crippen LogP contribution < -0.4 is 5.32 Å². The first-order chi connectivity index (χ1) is 21.1. The number of aliphatic hydroxyl groups excluding tert-OH is 1. The van der Waals surface area contributed by atoms with Crippen molar-refractivity contribution in [1.82, 2.24) is 14.6 Å². The van der Waals surface area contributed by atoms with Crippen molar-refractivity contribution in [3.8, 4) is 5.88 Å². The monoisotopic (exact) mass is 628 g/mol. The molecule has 0 saturated carbocycles. The van der Waals surface area contributed by atoms with E-state index < -0.39 is 34.4 Å². The summed E-state index contributed by atoms with van der Waals surface area (Å²) < 4.78 is 46.1. The lowest BCUT2D eigenvalue weighted by atomic mass is 10.0. The van der Waals surface area contributed by atoms with Crippen LogP contribution in [0.15, 0.2) is 58.4 Å². The van der Waals surface area contributed by atoms with Gasteiger partial charge in [-0.3, -0.25) is 4.99 Å². The minimum atomic E-state index is -4.11. The predicted molar refractivity (Wildman–Crippen MR) is 164 cm³/mol. The molecule has 0 unspecified atom stereocenters. The van der Waals surface area contributed by atoms with Crippen LogP contribution in [-0.4, -0.2) is 98.1 Å². The van der Waals surface area contributed by atoms with Crippen molar-refractivity contribution in [2.75, 3.05) is 33.4 Å². The number of benzene rings is 2. The lowest BCUT2D eigenvalue weighted by molar-refractivity contribution is -0.0907. The molecule has 44 heavy (non-hydrogen) atoms. The number of nitrogens with zero attached hydrogens (tertiary/aromatic N) is 2. The second kappa shape index (κ2) is 13.7. The quantitative estimate of drug-likeness (QED) is 0.223. The van der Waals surface area contributed by atoms with E-state index in [2.05, 4.69) is 15.3 Å². The van der Waals surface area contributed by atoms with Gasteiger partial charge in [0.25, 0.3) is 0 Å². The van der Waals surface area contributed by atoms with Gasteiger partial charge in [-0.25, -0.2) is 13.2 Å². The van der Waals surface area contributed by atoms with Gasteiger partial charge < -0.3 is 34.7 Å². The average Bonchev–Trinajstić information content (AvgIpc) is 3.68. The molecule has 13 heteroatoms. The van der Waals surface area contributed by atoms with E-state index in [1.807, 2.05) is 44.2 Å². The molecule has 5 atom stereocenters. The maximum absolute atomic E-state index is 14.0. The number of aromatic amines is 1. The van der Waals surface area contributed by atoms with E-state index in [1.165, 1.54) is 22.7 Å². The summed E-state index contributed by atoms with van der Waals surface area (Å²) in [4.78, 5) is 19.9. The first-order valence-corrected chi connectivity index (χ1v) is 16.2. The number of aliphatic imine (C=N–C) groups is 1. The number of carbonyl (C=O) groups excluding carboxylic acids is 1. The van der Waals surface area contributed by atoms with Crippen molar-refractivity contribution in [1.29, 1.82) is 0 Å². The Bertz CT molecular complexity index is 1580. The summed E-state index contributed by atoms with van der Waals surface area (Å²) in [6, 6.07) is 13.0. The summed E-state index contributed by atoms with van der Waals surface area (Å²) in [6.45, 7) is 4.40. The van der Waals surface area contributed by atoms with E-state index in [1.54, 1.807) is 13.1 Å². The van der Waals surface area contributed by atoms with Crippen molar-refractivity contribution in [2.45, 2.75) is 56.1 Å². The van der Waals surface area contributed by atoms with Gasteiger partial charge in [-0.2, -0.15) is 4.31 Å². The molecule has 1 aromatic heterocycles. The molecule has 0 bridgehead atoms. The van der Waals surface area contributed by atoms with Gasteiger partial charge in [0, 0.05) is 37.3 Å². The molecule has 2 saturated heterocycles. The van der Waals surface area contributed by atoms with E-state index in [0.29, 0.717) is 23.1 Å². The number of hydrogen-bond donors (Lipinski definition) is 4. The van der Waals surface area contributed by atoms with Crippen molar-refractivity contribution >= 4 is 33.2 Å². The number of fused-ring (bicyclic) bond motifs is 2. The van der Waals surface area contributed by atoms with Crippen molar-refractivity contribution in [3.63, 3.8) is 0 Å². The number of aromatic hydroxyl groups is 1. The molecular formula is C31H40N4O8S. The Morgan fingerprint density at radius 3 is 2.70 bits per heavy atom. The fourth-order valence-corrected chi connectivity index (χ4v) is 7.43. The van der Waals surface area contributed by atoms with Crippen LogP contribution in [0.3, 0.4) is 0 Å². The number of alkyl carbamates (subject to hydrolysis) is 1.